The summed E-state index contributed by atoms with van der Waals surface area (Å²) in [5.74, 6) is 1.96. The van der Waals surface area contributed by atoms with Crippen LogP contribution in [0.1, 0.15) is 21.6 Å². The fourth-order valence-corrected chi connectivity index (χ4v) is 3.12. The molecule has 0 bridgehead atoms. The molecule has 0 unspecified atom stereocenters. The summed E-state index contributed by atoms with van der Waals surface area (Å²) in [4.78, 5) is 16.0. The molecule has 0 fully saturated rings. The van der Waals surface area contributed by atoms with E-state index in [0.717, 1.165) is 27.9 Å². The maximum absolute atomic E-state index is 12.8. The number of carbonyl (C=O) groups is 1. The molecule has 0 saturated carbocycles. The van der Waals surface area contributed by atoms with Gasteiger partial charge in [-0.1, -0.05) is 12.1 Å². The second-order valence-corrected chi connectivity index (χ2v) is 5.88. The van der Waals surface area contributed by atoms with Crippen molar-refractivity contribution in [1.29, 1.82) is 0 Å². The minimum Gasteiger partial charge on any atom is -0.496 e. The van der Waals surface area contributed by atoms with Crippen molar-refractivity contribution >= 4 is 16.8 Å². The zero-order valence-electron chi connectivity index (χ0n) is 14.0. The van der Waals surface area contributed by atoms with Gasteiger partial charge < -0.3 is 24.5 Å². The van der Waals surface area contributed by atoms with Crippen LogP contribution in [0, 0.1) is 6.92 Å². The smallest absolute Gasteiger partial charge is 0.254 e. The Labute approximate surface area is 144 Å². The lowest BCUT2D eigenvalue weighted by molar-refractivity contribution is 0.0951. The van der Waals surface area contributed by atoms with Gasteiger partial charge in [0.1, 0.15) is 5.75 Å². The van der Waals surface area contributed by atoms with Crippen LogP contribution in [-0.2, 0) is 6.54 Å². The second-order valence-electron chi connectivity index (χ2n) is 5.88. The lowest BCUT2D eigenvalue weighted by atomic mass is 10.1. The van der Waals surface area contributed by atoms with Gasteiger partial charge in [0.05, 0.1) is 23.6 Å². The van der Waals surface area contributed by atoms with Crippen LogP contribution in [-0.4, -0.2) is 24.8 Å². The zero-order chi connectivity index (χ0) is 17.4. The quantitative estimate of drug-likeness (QED) is 0.766. The Morgan fingerprint density at radius 1 is 1.24 bits per heavy atom. The van der Waals surface area contributed by atoms with Crippen molar-refractivity contribution < 1.29 is 19.0 Å². The molecular weight excluding hydrogens is 320 g/mol. The molecule has 0 spiro atoms. The van der Waals surface area contributed by atoms with E-state index in [2.05, 4.69) is 10.3 Å². The van der Waals surface area contributed by atoms with Crippen LogP contribution < -0.4 is 19.5 Å². The lowest BCUT2D eigenvalue weighted by Crippen LogP contribution is -2.23. The molecule has 0 aliphatic carbocycles. The topological polar surface area (TPSA) is 72.6 Å². The molecule has 1 aliphatic rings. The van der Waals surface area contributed by atoms with E-state index >= 15 is 0 Å². The van der Waals surface area contributed by atoms with Crippen molar-refractivity contribution in [2.45, 2.75) is 13.5 Å². The van der Waals surface area contributed by atoms with E-state index in [1.165, 1.54) is 0 Å². The Balaban J connectivity index is 1.59. The molecule has 25 heavy (non-hydrogen) atoms. The molecular formula is C19H18N2O4. The number of hydrogen-bond donors (Lipinski definition) is 2. The first-order valence-electron chi connectivity index (χ1n) is 7.99. The number of benzene rings is 2. The summed E-state index contributed by atoms with van der Waals surface area (Å²) in [6, 6.07) is 11.3. The highest BCUT2D eigenvalue weighted by atomic mass is 16.7. The van der Waals surface area contributed by atoms with E-state index in [1.54, 1.807) is 7.11 Å². The van der Waals surface area contributed by atoms with Crippen LogP contribution in [0.15, 0.2) is 36.4 Å². The molecule has 2 N–H and O–H groups in total. The number of rotatable bonds is 4. The van der Waals surface area contributed by atoms with Crippen molar-refractivity contribution in [2.24, 2.45) is 0 Å². The Kier molecular flexibility index (Phi) is 3.72. The Morgan fingerprint density at radius 3 is 2.92 bits per heavy atom. The van der Waals surface area contributed by atoms with E-state index < -0.39 is 0 Å². The van der Waals surface area contributed by atoms with Gasteiger partial charge >= 0.3 is 0 Å². The highest BCUT2D eigenvalue weighted by molar-refractivity contribution is 6.10. The van der Waals surface area contributed by atoms with Crippen LogP contribution in [0.25, 0.3) is 10.9 Å². The van der Waals surface area contributed by atoms with Gasteiger partial charge in [-0.05, 0) is 36.8 Å². The third-order valence-corrected chi connectivity index (χ3v) is 4.31. The molecule has 128 valence electrons. The zero-order valence-corrected chi connectivity index (χ0v) is 14.0. The van der Waals surface area contributed by atoms with Gasteiger partial charge in [-0.2, -0.15) is 0 Å². The molecule has 2 heterocycles. The van der Waals surface area contributed by atoms with Crippen LogP contribution in [0.2, 0.25) is 0 Å². The van der Waals surface area contributed by atoms with Gasteiger partial charge in [-0.3, -0.25) is 4.79 Å². The number of fused-ring (bicyclic) bond motifs is 2. The predicted octanol–water partition coefficient (Wildman–Crippen LogP) is 3.14. The molecule has 1 aromatic heterocycles. The van der Waals surface area contributed by atoms with Crippen molar-refractivity contribution in [3.05, 3.63) is 53.2 Å². The molecule has 0 radical (unpaired) electrons. The minimum absolute atomic E-state index is 0.147. The largest absolute Gasteiger partial charge is 0.496 e. The van der Waals surface area contributed by atoms with Crippen LogP contribution in [0.4, 0.5) is 0 Å². The fraction of sp³-hybridized carbons (Fsp3) is 0.211. The number of aryl methyl sites for hydroxylation is 1. The van der Waals surface area contributed by atoms with E-state index in [1.807, 2.05) is 43.3 Å². The lowest BCUT2D eigenvalue weighted by Gasteiger charge is -2.08. The third-order valence-electron chi connectivity index (χ3n) is 4.31. The highest BCUT2D eigenvalue weighted by Gasteiger charge is 2.19. The summed E-state index contributed by atoms with van der Waals surface area (Å²) in [5, 5.41) is 3.76. The normalized spacial score (nSPS) is 12.4. The number of amides is 1. The summed E-state index contributed by atoms with van der Waals surface area (Å²) in [6.07, 6.45) is 0. The van der Waals surface area contributed by atoms with Gasteiger partial charge in [0.15, 0.2) is 11.5 Å². The average molecular weight is 338 g/mol. The minimum atomic E-state index is -0.147. The third kappa shape index (κ3) is 2.65. The summed E-state index contributed by atoms with van der Waals surface area (Å²) in [5.41, 5.74) is 3.24. The number of nitrogens with one attached hydrogen (secondary N) is 2. The van der Waals surface area contributed by atoms with Crippen molar-refractivity contribution in [1.82, 2.24) is 10.3 Å². The number of carbonyl (C=O) groups excluding carboxylic acids is 1. The first-order valence-corrected chi connectivity index (χ1v) is 7.99. The summed E-state index contributed by atoms with van der Waals surface area (Å²) in [7, 11) is 1.60. The van der Waals surface area contributed by atoms with Crippen molar-refractivity contribution in [3.8, 4) is 17.2 Å². The maximum atomic E-state index is 12.8. The number of aromatic amines is 1. The second kappa shape index (κ2) is 6.05. The Bertz CT molecular complexity index is 961. The number of aromatic nitrogens is 1. The molecule has 0 saturated heterocycles. The average Bonchev–Trinajstić information content (AvgIpc) is 3.21. The van der Waals surface area contributed by atoms with Crippen molar-refractivity contribution in [3.63, 3.8) is 0 Å². The van der Waals surface area contributed by atoms with Crippen LogP contribution >= 0.6 is 0 Å². The first kappa shape index (κ1) is 15.4. The molecule has 2 aromatic carbocycles. The number of hydrogen-bond acceptors (Lipinski definition) is 4. The molecule has 0 atom stereocenters. The molecule has 4 rings (SSSR count). The number of H-pyrrole nitrogens is 1. The molecule has 6 nitrogen and oxygen atoms in total. The Hall–Kier alpha value is -3.15. The van der Waals surface area contributed by atoms with Gasteiger partial charge in [-0.15, -0.1) is 0 Å². The number of ether oxygens (including phenoxy) is 3. The van der Waals surface area contributed by atoms with Gasteiger partial charge in [-0.25, -0.2) is 0 Å². The van der Waals surface area contributed by atoms with Gasteiger partial charge in [0, 0.05) is 12.2 Å². The van der Waals surface area contributed by atoms with Crippen LogP contribution in [0.5, 0.6) is 17.2 Å². The monoisotopic (exact) mass is 338 g/mol. The standard InChI is InChI=1S/C19H18N2O4/c1-11-17(18-13(21-11)4-3-5-15(18)23-2)19(22)20-9-12-6-7-14-16(8-12)25-10-24-14/h3-8,21H,9-10H2,1-2H3,(H,20,22). The van der Waals surface area contributed by atoms with Crippen LogP contribution in [0.3, 0.4) is 0 Å². The SMILES string of the molecule is COc1cccc2[nH]c(C)c(C(=O)NCc3ccc4c(c3)OCO4)c12. The maximum Gasteiger partial charge on any atom is 0.254 e. The highest BCUT2D eigenvalue weighted by Crippen LogP contribution is 2.33. The summed E-state index contributed by atoms with van der Waals surface area (Å²) >= 11 is 0. The summed E-state index contributed by atoms with van der Waals surface area (Å²) in [6.45, 7) is 2.52. The molecule has 3 aromatic rings. The van der Waals surface area contributed by atoms with E-state index in [-0.39, 0.29) is 12.7 Å². The first-order chi connectivity index (χ1) is 12.2. The molecule has 1 amide bonds. The Morgan fingerprint density at radius 2 is 2.08 bits per heavy atom. The van der Waals surface area contributed by atoms with Crippen molar-refractivity contribution in [2.75, 3.05) is 13.9 Å². The van der Waals surface area contributed by atoms with E-state index in [9.17, 15) is 4.79 Å². The molecule has 6 heteroatoms. The van der Waals surface area contributed by atoms with Gasteiger partial charge in [0.2, 0.25) is 6.79 Å². The van der Waals surface area contributed by atoms with Gasteiger partial charge in [0.25, 0.3) is 5.91 Å². The summed E-state index contributed by atoms with van der Waals surface area (Å²) < 4.78 is 16.1. The number of methoxy groups -OCH3 is 1. The van der Waals surface area contributed by atoms with E-state index in [0.29, 0.717) is 23.6 Å². The van der Waals surface area contributed by atoms with E-state index in [4.69, 9.17) is 14.2 Å². The molecule has 1 aliphatic heterocycles. The fourth-order valence-electron chi connectivity index (χ4n) is 3.12. The predicted molar refractivity (Wildman–Crippen MR) is 93.3 cm³/mol.